The van der Waals surface area contributed by atoms with E-state index < -0.39 is 11.5 Å². The van der Waals surface area contributed by atoms with Crippen LogP contribution >= 0.6 is 0 Å². The van der Waals surface area contributed by atoms with Crippen LogP contribution in [0.5, 0.6) is 0 Å². The molecule has 1 aliphatic rings. The van der Waals surface area contributed by atoms with Gasteiger partial charge < -0.3 is 15.3 Å². The van der Waals surface area contributed by atoms with Crippen LogP contribution in [0, 0.1) is 5.41 Å². The molecule has 0 heterocycles. The van der Waals surface area contributed by atoms with E-state index in [4.69, 9.17) is 0 Å². The molecule has 0 radical (unpaired) electrons. The summed E-state index contributed by atoms with van der Waals surface area (Å²) >= 11 is 0. The van der Waals surface area contributed by atoms with E-state index in [9.17, 15) is 9.90 Å². The zero-order chi connectivity index (χ0) is 11.7. The molecule has 0 aromatic rings. The van der Waals surface area contributed by atoms with Crippen LogP contribution in [0.4, 0.5) is 0 Å². The minimum absolute atomic E-state index is 0.0643. The van der Waals surface area contributed by atoms with Gasteiger partial charge in [0, 0.05) is 13.1 Å². The van der Waals surface area contributed by atoms with Gasteiger partial charge in [0.25, 0.3) is 0 Å². The van der Waals surface area contributed by atoms with Gasteiger partial charge in [-0.2, -0.15) is 0 Å². The third kappa shape index (κ3) is 2.49. The number of aliphatic carboxylic acids is 1. The Hall–Kier alpha value is -0.610. The van der Waals surface area contributed by atoms with Gasteiger partial charge in [-0.25, -0.2) is 0 Å². The number of nitrogens with zero attached hydrogens (tertiary/aromatic N) is 1. The molecule has 1 fully saturated rings. The maximum Gasteiger partial charge on any atom is 0.324 e. The number of carbonyl (C=O) groups is 1. The monoisotopic (exact) mass is 214 g/mol. The lowest BCUT2D eigenvalue weighted by Gasteiger charge is -2.33. The first-order valence-electron chi connectivity index (χ1n) is 5.45. The Balaban J connectivity index is 2.55. The highest BCUT2D eigenvalue weighted by Gasteiger charge is 2.57. The van der Waals surface area contributed by atoms with Crippen LogP contribution in [0.15, 0.2) is 0 Å². The second-order valence-electron chi connectivity index (χ2n) is 5.22. The summed E-state index contributed by atoms with van der Waals surface area (Å²) in [7, 11) is 3.97. The van der Waals surface area contributed by atoms with Crippen LogP contribution in [-0.2, 0) is 4.79 Å². The quantitative estimate of drug-likeness (QED) is 0.686. The maximum absolute atomic E-state index is 11.3. The molecule has 1 aliphatic carbocycles. The fourth-order valence-corrected chi connectivity index (χ4v) is 1.76. The molecule has 1 unspecified atom stereocenters. The Morgan fingerprint density at radius 2 is 2.07 bits per heavy atom. The summed E-state index contributed by atoms with van der Waals surface area (Å²) in [5, 5.41) is 12.5. The van der Waals surface area contributed by atoms with Crippen molar-refractivity contribution in [3.63, 3.8) is 0 Å². The van der Waals surface area contributed by atoms with Gasteiger partial charge in [-0.15, -0.1) is 0 Å². The van der Waals surface area contributed by atoms with Crippen LogP contribution in [-0.4, -0.2) is 48.7 Å². The van der Waals surface area contributed by atoms with Crippen molar-refractivity contribution < 1.29 is 9.90 Å². The van der Waals surface area contributed by atoms with Crippen LogP contribution in [0.25, 0.3) is 0 Å². The Labute approximate surface area is 91.6 Å². The average Bonchev–Trinajstić information content (AvgIpc) is 2.83. The predicted octanol–water partition coefficient (Wildman–Crippen LogP) is 0.781. The van der Waals surface area contributed by atoms with Gasteiger partial charge in [-0.1, -0.05) is 6.92 Å². The normalized spacial score (nSPS) is 22.5. The van der Waals surface area contributed by atoms with E-state index in [-0.39, 0.29) is 5.41 Å². The van der Waals surface area contributed by atoms with Gasteiger partial charge in [0.2, 0.25) is 0 Å². The first-order valence-corrected chi connectivity index (χ1v) is 5.45. The van der Waals surface area contributed by atoms with Crippen molar-refractivity contribution in [2.75, 3.05) is 27.2 Å². The van der Waals surface area contributed by atoms with Gasteiger partial charge in [-0.3, -0.25) is 4.79 Å². The highest BCUT2D eigenvalue weighted by Crippen LogP contribution is 2.53. The smallest absolute Gasteiger partial charge is 0.324 e. The largest absolute Gasteiger partial charge is 0.480 e. The van der Waals surface area contributed by atoms with Crippen LogP contribution in [0.3, 0.4) is 0 Å². The Bertz CT molecular complexity index is 249. The standard InChI is InChI=1S/C11H22N2O2/c1-10(5-6-10)11(2,9(14)15)12-7-8-13(3)4/h12H,5-8H2,1-4H3,(H,14,15). The summed E-state index contributed by atoms with van der Waals surface area (Å²) in [4.78, 5) is 13.4. The molecule has 0 aromatic heterocycles. The lowest BCUT2D eigenvalue weighted by atomic mass is 9.84. The molecule has 4 nitrogen and oxygen atoms in total. The molecule has 1 rings (SSSR count). The third-order valence-corrected chi connectivity index (χ3v) is 3.67. The zero-order valence-corrected chi connectivity index (χ0v) is 10.1. The molecule has 0 saturated heterocycles. The molecule has 0 aromatic carbocycles. The molecule has 2 N–H and O–H groups in total. The summed E-state index contributed by atoms with van der Waals surface area (Å²) in [6.45, 7) is 5.42. The third-order valence-electron chi connectivity index (χ3n) is 3.67. The van der Waals surface area contributed by atoms with E-state index in [1.807, 2.05) is 25.9 Å². The molecule has 0 aliphatic heterocycles. The predicted molar refractivity (Wildman–Crippen MR) is 59.9 cm³/mol. The van der Waals surface area contributed by atoms with Crippen LogP contribution in [0.1, 0.15) is 26.7 Å². The molecule has 1 atom stereocenters. The molecule has 0 amide bonds. The molecule has 88 valence electrons. The fourth-order valence-electron chi connectivity index (χ4n) is 1.76. The van der Waals surface area contributed by atoms with E-state index in [1.54, 1.807) is 6.92 Å². The topological polar surface area (TPSA) is 52.6 Å². The highest BCUT2D eigenvalue weighted by atomic mass is 16.4. The Morgan fingerprint density at radius 1 is 1.53 bits per heavy atom. The summed E-state index contributed by atoms with van der Waals surface area (Å²) in [5.41, 5.74) is -0.839. The molecule has 1 saturated carbocycles. The minimum Gasteiger partial charge on any atom is -0.480 e. The second kappa shape index (κ2) is 4.10. The van der Waals surface area contributed by atoms with Crippen LogP contribution < -0.4 is 5.32 Å². The van der Waals surface area contributed by atoms with Crippen molar-refractivity contribution in [1.29, 1.82) is 0 Å². The Kier molecular flexibility index (Phi) is 3.41. The Morgan fingerprint density at radius 3 is 2.40 bits per heavy atom. The number of nitrogens with one attached hydrogen (secondary N) is 1. The van der Waals surface area contributed by atoms with E-state index in [1.165, 1.54) is 0 Å². The van der Waals surface area contributed by atoms with Crippen molar-refractivity contribution in [3.05, 3.63) is 0 Å². The number of hydrogen-bond acceptors (Lipinski definition) is 3. The van der Waals surface area contributed by atoms with Crippen LogP contribution in [0.2, 0.25) is 0 Å². The van der Waals surface area contributed by atoms with E-state index in [0.717, 1.165) is 19.4 Å². The number of carboxylic acids is 1. The van der Waals surface area contributed by atoms with Gasteiger partial charge in [-0.05, 0) is 39.3 Å². The molecule has 15 heavy (non-hydrogen) atoms. The van der Waals surface area contributed by atoms with Crippen molar-refractivity contribution in [1.82, 2.24) is 10.2 Å². The molecular formula is C11H22N2O2. The average molecular weight is 214 g/mol. The lowest BCUT2D eigenvalue weighted by Crippen LogP contribution is -2.56. The minimum atomic E-state index is -0.775. The first-order chi connectivity index (χ1) is 6.82. The lowest BCUT2D eigenvalue weighted by molar-refractivity contribution is -0.147. The molecule has 4 heteroatoms. The van der Waals surface area contributed by atoms with Crippen molar-refractivity contribution >= 4 is 5.97 Å². The zero-order valence-electron chi connectivity index (χ0n) is 10.1. The maximum atomic E-state index is 11.3. The van der Waals surface area contributed by atoms with E-state index >= 15 is 0 Å². The van der Waals surface area contributed by atoms with E-state index in [0.29, 0.717) is 6.54 Å². The number of likely N-dealkylation sites (N-methyl/N-ethyl adjacent to an activating group) is 1. The van der Waals surface area contributed by atoms with Gasteiger partial charge in [0.05, 0.1) is 0 Å². The van der Waals surface area contributed by atoms with E-state index in [2.05, 4.69) is 5.32 Å². The number of hydrogen-bond donors (Lipinski definition) is 2. The molecule has 0 spiro atoms. The molecular weight excluding hydrogens is 192 g/mol. The van der Waals surface area contributed by atoms with Crippen molar-refractivity contribution in [2.24, 2.45) is 5.41 Å². The van der Waals surface area contributed by atoms with Gasteiger partial charge in [0.15, 0.2) is 0 Å². The van der Waals surface area contributed by atoms with Gasteiger partial charge in [0.1, 0.15) is 5.54 Å². The molecule has 0 bridgehead atoms. The first kappa shape index (κ1) is 12.5. The SMILES string of the molecule is CN(C)CCNC(C)(C(=O)O)C1(C)CC1. The van der Waals surface area contributed by atoms with Crippen molar-refractivity contribution in [2.45, 2.75) is 32.2 Å². The summed E-state index contributed by atoms with van der Waals surface area (Å²) in [5.74, 6) is -0.735. The number of rotatable bonds is 6. The van der Waals surface area contributed by atoms with Crippen molar-refractivity contribution in [3.8, 4) is 0 Å². The van der Waals surface area contributed by atoms with Gasteiger partial charge >= 0.3 is 5.97 Å². The highest BCUT2D eigenvalue weighted by molar-refractivity contribution is 5.80. The summed E-state index contributed by atoms with van der Waals surface area (Å²) in [6, 6.07) is 0. The summed E-state index contributed by atoms with van der Waals surface area (Å²) < 4.78 is 0. The fraction of sp³-hybridized carbons (Fsp3) is 0.909. The number of carboxylic acid groups (broad SMARTS) is 1. The summed E-state index contributed by atoms with van der Waals surface area (Å²) in [6.07, 6.45) is 2.01. The second-order valence-corrected chi connectivity index (χ2v) is 5.22.